The summed E-state index contributed by atoms with van der Waals surface area (Å²) in [7, 11) is 0. The molecule has 9 nitrogen and oxygen atoms in total. The SMILES string of the molecule is C[C@@]12OC(c3ccccc3)O[C@@H]1[C@@H](CO)O[C@H]2n1cnc2c(N)ncnc21. The summed E-state index contributed by atoms with van der Waals surface area (Å²) in [6, 6.07) is 9.68. The van der Waals surface area contributed by atoms with Crippen molar-refractivity contribution in [3.8, 4) is 0 Å². The second-order valence-electron chi connectivity index (χ2n) is 6.89. The molecule has 2 fully saturated rings. The number of aliphatic hydroxyl groups is 1. The Morgan fingerprint density at radius 3 is 2.78 bits per heavy atom. The summed E-state index contributed by atoms with van der Waals surface area (Å²) >= 11 is 0. The van der Waals surface area contributed by atoms with Gasteiger partial charge in [0.2, 0.25) is 0 Å². The number of benzene rings is 1. The normalized spacial score (nSPS) is 32.8. The zero-order valence-electron chi connectivity index (χ0n) is 14.6. The van der Waals surface area contributed by atoms with Crippen LogP contribution < -0.4 is 5.73 Å². The van der Waals surface area contributed by atoms with E-state index in [0.717, 1.165) is 5.56 Å². The van der Waals surface area contributed by atoms with E-state index in [9.17, 15) is 5.11 Å². The van der Waals surface area contributed by atoms with E-state index in [0.29, 0.717) is 17.0 Å². The molecule has 2 saturated heterocycles. The van der Waals surface area contributed by atoms with Gasteiger partial charge in [0, 0.05) is 5.56 Å². The molecule has 1 aromatic carbocycles. The lowest BCUT2D eigenvalue weighted by Crippen LogP contribution is -2.41. The Morgan fingerprint density at radius 1 is 1.19 bits per heavy atom. The number of imidazole rings is 1. The van der Waals surface area contributed by atoms with Crippen molar-refractivity contribution in [2.24, 2.45) is 0 Å². The lowest BCUT2D eigenvalue weighted by atomic mass is 9.96. The number of aromatic nitrogens is 4. The third kappa shape index (κ3) is 2.36. The molecule has 5 atom stereocenters. The molecule has 1 unspecified atom stereocenters. The van der Waals surface area contributed by atoms with Gasteiger partial charge in [-0.05, 0) is 6.92 Å². The van der Waals surface area contributed by atoms with Gasteiger partial charge in [0.25, 0.3) is 0 Å². The Balaban J connectivity index is 1.56. The molecule has 2 aliphatic rings. The van der Waals surface area contributed by atoms with E-state index in [2.05, 4.69) is 15.0 Å². The molecule has 27 heavy (non-hydrogen) atoms. The van der Waals surface area contributed by atoms with E-state index in [1.54, 1.807) is 10.9 Å². The quantitative estimate of drug-likeness (QED) is 0.706. The van der Waals surface area contributed by atoms with Crippen molar-refractivity contribution >= 4 is 17.0 Å². The third-order valence-electron chi connectivity index (χ3n) is 5.22. The van der Waals surface area contributed by atoms with Crippen LogP contribution in [0.2, 0.25) is 0 Å². The molecule has 2 aliphatic heterocycles. The Hall–Kier alpha value is -2.59. The van der Waals surface area contributed by atoms with Crippen molar-refractivity contribution in [1.82, 2.24) is 19.5 Å². The molecule has 3 N–H and O–H groups in total. The summed E-state index contributed by atoms with van der Waals surface area (Å²) < 4.78 is 20.3. The van der Waals surface area contributed by atoms with E-state index < -0.39 is 30.3 Å². The topological polar surface area (TPSA) is 118 Å². The lowest BCUT2D eigenvalue weighted by molar-refractivity contribution is -0.174. The van der Waals surface area contributed by atoms with Crippen LogP contribution in [0.25, 0.3) is 11.2 Å². The molecular weight excluding hydrogens is 350 g/mol. The maximum Gasteiger partial charge on any atom is 0.185 e. The van der Waals surface area contributed by atoms with Gasteiger partial charge in [0.1, 0.15) is 29.7 Å². The first-order valence-corrected chi connectivity index (χ1v) is 8.69. The number of nitrogen functional groups attached to an aromatic ring is 1. The molecular formula is C18H19N5O4. The predicted octanol–water partition coefficient (Wildman–Crippen LogP) is 1.17. The second kappa shape index (κ2) is 5.96. The number of nitrogens with zero attached hydrogens (tertiary/aromatic N) is 4. The molecule has 0 saturated carbocycles. The molecule has 0 spiro atoms. The summed E-state index contributed by atoms with van der Waals surface area (Å²) in [6.07, 6.45) is 0.859. The van der Waals surface area contributed by atoms with Gasteiger partial charge >= 0.3 is 0 Å². The Bertz CT molecular complexity index is 980. The van der Waals surface area contributed by atoms with Gasteiger partial charge in [-0.15, -0.1) is 0 Å². The number of hydrogen-bond acceptors (Lipinski definition) is 8. The molecule has 2 aromatic heterocycles. The first-order valence-electron chi connectivity index (χ1n) is 8.69. The zero-order valence-corrected chi connectivity index (χ0v) is 14.6. The van der Waals surface area contributed by atoms with E-state index >= 15 is 0 Å². The summed E-state index contributed by atoms with van der Waals surface area (Å²) in [5, 5.41) is 9.83. The van der Waals surface area contributed by atoms with Crippen LogP contribution in [0.5, 0.6) is 0 Å². The zero-order chi connectivity index (χ0) is 18.6. The minimum Gasteiger partial charge on any atom is -0.394 e. The maximum atomic E-state index is 9.83. The Labute approximate surface area is 154 Å². The van der Waals surface area contributed by atoms with Gasteiger partial charge in [0.15, 0.2) is 24.0 Å². The molecule has 4 heterocycles. The summed E-state index contributed by atoms with van der Waals surface area (Å²) in [5.74, 6) is 0.294. The van der Waals surface area contributed by atoms with Crippen LogP contribution in [0, 0.1) is 0 Å². The minimum absolute atomic E-state index is 0.189. The van der Waals surface area contributed by atoms with Crippen LogP contribution in [-0.2, 0) is 14.2 Å². The number of anilines is 1. The largest absolute Gasteiger partial charge is 0.394 e. The van der Waals surface area contributed by atoms with Crippen LogP contribution in [0.4, 0.5) is 5.82 Å². The van der Waals surface area contributed by atoms with Gasteiger partial charge in [0.05, 0.1) is 12.9 Å². The number of aliphatic hydroxyl groups excluding tert-OH is 1. The van der Waals surface area contributed by atoms with E-state index in [4.69, 9.17) is 19.9 Å². The highest BCUT2D eigenvalue weighted by Crippen LogP contribution is 2.52. The minimum atomic E-state index is -0.846. The number of fused-ring (bicyclic) bond motifs is 2. The predicted molar refractivity (Wildman–Crippen MR) is 94.3 cm³/mol. The lowest BCUT2D eigenvalue weighted by Gasteiger charge is -2.28. The van der Waals surface area contributed by atoms with Crippen molar-refractivity contribution in [3.63, 3.8) is 0 Å². The molecule has 0 bridgehead atoms. The average molecular weight is 369 g/mol. The molecule has 0 amide bonds. The van der Waals surface area contributed by atoms with Gasteiger partial charge in [-0.25, -0.2) is 15.0 Å². The summed E-state index contributed by atoms with van der Waals surface area (Å²) in [4.78, 5) is 12.6. The fourth-order valence-electron chi connectivity index (χ4n) is 3.90. The standard InChI is InChI=1S/C18H19N5O4/c1-18-13(26-16(27-18)10-5-3-2-4-6-10)11(7-24)25-17(18)23-9-22-12-14(19)20-8-21-15(12)23/h2-6,8-9,11,13,16-17,24H,7H2,1H3,(H2,19,20,21)/t11-,13-,16?,17-,18-/m1/s1. The summed E-state index contributed by atoms with van der Waals surface area (Å²) in [5.41, 5.74) is 6.99. The second-order valence-corrected chi connectivity index (χ2v) is 6.89. The highest BCUT2D eigenvalue weighted by Gasteiger charge is 2.62. The molecule has 0 radical (unpaired) electrons. The van der Waals surface area contributed by atoms with E-state index in [1.807, 2.05) is 37.3 Å². The number of ether oxygens (including phenoxy) is 3. The maximum absolute atomic E-state index is 9.83. The van der Waals surface area contributed by atoms with Gasteiger partial charge in [-0.2, -0.15) is 0 Å². The monoisotopic (exact) mass is 369 g/mol. The highest BCUT2D eigenvalue weighted by molar-refractivity contribution is 5.81. The van der Waals surface area contributed by atoms with E-state index in [1.165, 1.54) is 6.33 Å². The first kappa shape index (κ1) is 16.6. The van der Waals surface area contributed by atoms with Crippen molar-refractivity contribution in [2.45, 2.75) is 37.3 Å². The Kier molecular flexibility index (Phi) is 3.66. The van der Waals surface area contributed by atoms with Crippen LogP contribution in [-0.4, -0.2) is 49.0 Å². The number of nitrogens with two attached hydrogens (primary N) is 1. The van der Waals surface area contributed by atoms with Gasteiger partial charge < -0.3 is 25.1 Å². The average Bonchev–Trinajstić information content (AvgIpc) is 3.33. The highest BCUT2D eigenvalue weighted by atomic mass is 16.8. The first-order chi connectivity index (χ1) is 13.1. The smallest absolute Gasteiger partial charge is 0.185 e. The molecule has 5 rings (SSSR count). The fourth-order valence-corrected chi connectivity index (χ4v) is 3.90. The van der Waals surface area contributed by atoms with Crippen molar-refractivity contribution in [1.29, 1.82) is 0 Å². The van der Waals surface area contributed by atoms with Crippen LogP contribution in [0.1, 0.15) is 25.0 Å². The van der Waals surface area contributed by atoms with Crippen LogP contribution >= 0.6 is 0 Å². The third-order valence-corrected chi connectivity index (χ3v) is 5.22. The number of rotatable bonds is 3. The van der Waals surface area contributed by atoms with Gasteiger partial charge in [-0.3, -0.25) is 4.57 Å². The Morgan fingerprint density at radius 2 is 2.00 bits per heavy atom. The van der Waals surface area contributed by atoms with Crippen LogP contribution in [0.15, 0.2) is 43.0 Å². The molecule has 140 valence electrons. The van der Waals surface area contributed by atoms with Crippen LogP contribution in [0.3, 0.4) is 0 Å². The van der Waals surface area contributed by atoms with Crippen molar-refractivity contribution in [3.05, 3.63) is 48.5 Å². The van der Waals surface area contributed by atoms with Crippen molar-refractivity contribution < 1.29 is 19.3 Å². The number of hydrogen-bond donors (Lipinski definition) is 2. The molecule has 3 aromatic rings. The van der Waals surface area contributed by atoms with E-state index in [-0.39, 0.29) is 6.61 Å². The van der Waals surface area contributed by atoms with Crippen molar-refractivity contribution in [2.75, 3.05) is 12.3 Å². The molecule has 0 aliphatic carbocycles. The fraction of sp³-hybridized carbons (Fsp3) is 0.389. The summed E-state index contributed by atoms with van der Waals surface area (Å²) in [6.45, 7) is 1.72. The molecule has 9 heteroatoms. The van der Waals surface area contributed by atoms with Gasteiger partial charge in [-0.1, -0.05) is 30.3 Å².